The summed E-state index contributed by atoms with van der Waals surface area (Å²) in [4.78, 5) is 12.7. The van der Waals surface area contributed by atoms with E-state index in [1.807, 2.05) is 65.6 Å². The normalized spacial score (nSPS) is 10.4. The van der Waals surface area contributed by atoms with Crippen molar-refractivity contribution in [2.75, 3.05) is 4.90 Å². The Morgan fingerprint density at radius 1 is 0.840 bits per heavy atom. The fourth-order valence-corrected chi connectivity index (χ4v) is 2.74. The molecule has 0 saturated heterocycles. The molecule has 0 aliphatic heterocycles. The van der Waals surface area contributed by atoms with E-state index >= 15 is 0 Å². The standard InChI is InChI=1S/C20H17FN2O2/c21-18-11-12-19(23(24)25)20(13-18)22(14-16-7-3-1-4-8-16)15-17-9-5-2-6-10-17/h1-13H,14-15H2. The summed E-state index contributed by atoms with van der Waals surface area (Å²) in [6.07, 6.45) is 0. The van der Waals surface area contributed by atoms with Gasteiger partial charge in [-0.05, 0) is 17.2 Å². The van der Waals surface area contributed by atoms with E-state index < -0.39 is 10.7 Å². The molecule has 3 rings (SSSR count). The van der Waals surface area contributed by atoms with E-state index in [-0.39, 0.29) is 11.4 Å². The Balaban J connectivity index is 2.01. The van der Waals surface area contributed by atoms with E-state index in [1.165, 1.54) is 12.1 Å². The zero-order chi connectivity index (χ0) is 17.6. The molecule has 0 heterocycles. The molecule has 0 unspecified atom stereocenters. The molecule has 0 radical (unpaired) electrons. The van der Waals surface area contributed by atoms with Gasteiger partial charge in [0.1, 0.15) is 11.5 Å². The highest BCUT2D eigenvalue weighted by molar-refractivity contribution is 5.63. The van der Waals surface area contributed by atoms with Gasteiger partial charge in [-0.25, -0.2) is 4.39 Å². The fourth-order valence-electron chi connectivity index (χ4n) is 2.74. The van der Waals surface area contributed by atoms with Crippen LogP contribution in [-0.2, 0) is 13.1 Å². The van der Waals surface area contributed by atoms with Crippen molar-refractivity contribution in [1.82, 2.24) is 0 Å². The van der Waals surface area contributed by atoms with Gasteiger partial charge in [-0.2, -0.15) is 0 Å². The van der Waals surface area contributed by atoms with Crippen LogP contribution in [0, 0.1) is 15.9 Å². The first-order valence-corrected chi connectivity index (χ1v) is 7.90. The quantitative estimate of drug-likeness (QED) is 0.473. The van der Waals surface area contributed by atoms with E-state index in [0.717, 1.165) is 17.2 Å². The van der Waals surface area contributed by atoms with Crippen LogP contribution in [0.15, 0.2) is 78.9 Å². The first-order valence-electron chi connectivity index (χ1n) is 7.90. The van der Waals surface area contributed by atoms with Crippen LogP contribution in [0.3, 0.4) is 0 Å². The number of hydrogen-bond acceptors (Lipinski definition) is 3. The molecule has 4 nitrogen and oxygen atoms in total. The second-order valence-electron chi connectivity index (χ2n) is 5.72. The Bertz CT molecular complexity index is 813. The second kappa shape index (κ2) is 7.57. The van der Waals surface area contributed by atoms with Gasteiger partial charge in [-0.3, -0.25) is 10.1 Å². The molecular formula is C20H17FN2O2. The minimum Gasteiger partial charge on any atom is -0.357 e. The number of nitro groups is 1. The van der Waals surface area contributed by atoms with Crippen LogP contribution >= 0.6 is 0 Å². The monoisotopic (exact) mass is 336 g/mol. The third kappa shape index (κ3) is 4.20. The molecule has 0 atom stereocenters. The highest BCUT2D eigenvalue weighted by atomic mass is 19.1. The van der Waals surface area contributed by atoms with E-state index in [4.69, 9.17) is 0 Å². The molecule has 0 fully saturated rings. The van der Waals surface area contributed by atoms with Crippen molar-refractivity contribution in [1.29, 1.82) is 0 Å². The summed E-state index contributed by atoms with van der Waals surface area (Å²) in [6, 6.07) is 22.8. The molecule has 0 saturated carbocycles. The van der Waals surface area contributed by atoms with Crippen molar-refractivity contribution in [2.24, 2.45) is 0 Å². The highest BCUT2D eigenvalue weighted by Crippen LogP contribution is 2.31. The van der Waals surface area contributed by atoms with Gasteiger partial charge >= 0.3 is 0 Å². The maximum Gasteiger partial charge on any atom is 0.292 e. The van der Waals surface area contributed by atoms with Gasteiger partial charge < -0.3 is 4.90 Å². The topological polar surface area (TPSA) is 46.4 Å². The van der Waals surface area contributed by atoms with Gasteiger partial charge in [0.05, 0.1) is 4.92 Å². The maximum atomic E-state index is 13.8. The third-order valence-electron chi connectivity index (χ3n) is 3.91. The van der Waals surface area contributed by atoms with Crippen molar-refractivity contribution in [3.63, 3.8) is 0 Å². The van der Waals surface area contributed by atoms with E-state index in [1.54, 1.807) is 0 Å². The lowest BCUT2D eigenvalue weighted by atomic mass is 10.1. The van der Waals surface area contributed by atoms with Gasteiger partial charge in [0.25, 0.3) is 5.69 Å². The van der Waals surface area contributed by atoms with Crippen LogP contribution in [0.1, 0.15) is 11.1 Å². The molecule has 0 N–H and O–H groups in total. The lowest BCUT2D eigenvalue weighted by Crippen LogP contribution is -2.23. The number of nitrogens with zero attached hydrogens (tertiary/aromatic N) is 2. The second-order valence-corrected chi connectivity index (χ2v) is 5.72. The third-order valence-corrected chi connectivity index (χ3v) is 3.91. The van der Waals surface area contributed by atoms with Crippen molar-refractivity contribution >= 4 is 11.4 Å². The fraction of sp³-hybridized carbons (Fsp3) is 0.100. The average Bonchev–Trinajstić information content (AvgIpc) is 2.62. The van der Waals surface area contributed by atoms with Gasteiger partial charge in [0.2, 0.25) is 0 Å². The Hall–Kier alpha value is -3.21. The van der Waals surface area contributed by atoms with Crippen molar-refractivity contribution in [3.8, 4) is 0 Å². The number of nitro benzene ring substituents is 1. The van der Waals surface area contributed by atoms with Crippen LogP contribution in [0.5, 0.6) is 0 Å². The average molecular weight is 336 g/mol. The van der Waals surface area contributed by atoms with Crippen LogP contribution < -0.4 is 4.90 Å². The summed E-state index contributed by atoms with van der Waals surface area (Å²) >= 11 is 0. The molecule has 126 valence electrons. The van der Waals surface area contributed by atoms with E-state index in [9.17, 15) is 14.5 Å². The van der Waals surface area contributed by atoms with Gasteiger partial charge in [0, 0.05) is 25.2 Å². The summed E-state index contributed by atoms with van der Waals surface area (Å²) in [5, 5.41) is 11.4. The Morgan fingerprint density at radius 3 is 1.84 bits per heavy atom. The Morgan fingerprint density at radius 2 is 1.36 bits per heavy atom. The minimum atomic E-state index is -0.494. The molecule has 25 heavy (non-hydrogen) atoms. The van der Waals surface area contributed by atoms with Gasteiger partial charge in [0.15, 0.2) is 0 Å². The summed E-state index contributed by atoms with van der Waals surface area (Å²) in [5.41, 5.74) is 2.17. The first kappa shape index (κ1) is 16.6. The molecule has 5 heteroatoms. The summed E-state index contributed by atoms with van der Waals surface area (Å²) in [7, 11) is 0. The molecule has 0 bridgehead atoms. The number of hydrogen-bond donors (Lipinski definition) is 0. The van der Waals surface area contributed by atoms with E-state index in [0.29, 0.717) is 13.1 Å². The number of rotatable bonds is 6. The van der Waals surface area contributed by atoms with Crippen LogP contribution in [0.4, 0.5) is 15.8 Å². The molecule has 0 aliphatic rings. The number of anilines is 1. The van der Waals surface area contributed by atoms with Crippen molar-refractivity contribution in [3.05, 3.63) is 106 Å². The molecule has 0 spiro atoms. The zero-order valence-corrected chi connectivity index (χ0v) is 13.5. The van der Waals surface area contributed by atoms with Crippen molar-refractivity contribution < 1.29 is 9.31 Å². The lowest BCUT2D eigenvalue weighted by molar-refractivity contribution is -0.384. The van der Waals surface area contributed by atoms with Crippen LogP contribution in [-0.4, -0.2) is 4.92 Å². The molecule has 0 amide bonds. The highest BCUT2D eigenvalue weighted by Gasteiger charge is 2.21. The van der Waals surface area contributed by atoms with Crippen LogP contribution in [0.2, 0.25) is 0 Å². The van der Waals surface area contributed by atoms with Gasteiger partial charge in [-0.1, -0.05) is 60.7 Å². The SMILES string of the molecule is O=[N+]([O-])c1ccc(F)cc1N(Cc1ccccc1)Cc1ccccc1. The minimum absolute atomic E-state index is 0.103. The van der Waals surface area contributed by atoms with E-state index in [2.05, 4.69) is 0 Å². The summed E-state index contributed by atoms with van der Waals surface area (Å²) in [5.74, 6) is -0.494. The molecule has 0 aliphatic carbocycles. The molecule has 3 aromatic rings. The smallest absolute Gasteiger partial charge is 0.292 e. The predicted molar refractivity (Wildman–Crippen MR) is 95.8 cm³/mol. The first-order chi connectivity index (χ1) is 12.1. The van der Waals surface area contributed by atoms with Gasteiger partial charge in [-0.15, -0.1) is 0 Å². The summed E-state index contributed by atoms with van der Waals surface area (Å²) < 4.78 is 13.8. The largest absolute Gasteiger partial charge is 0.357 e. The van der Waals surface area contributed by atoms with Crippen LogP contribution in [0.25, 0.3) is 0 Å². The lowest BCUT2D eigenvalue weighted by Gasteiger charge is -2.25. The predicted octanol–water partition coefficient (Wildman–Crippen LogP) is 4.94. The molecule has 3 aromatic carbocycles. The Labute approximate surface area is 145 Å². The Kier molecular flexibility index (Phi) is 5.04. The maximum absolute atomic E-state index is 13.8. The number of benzene rings is 3. The summed E-state index contributed by atoms with van der Waals surface area (Å²) in [6.45, 7) is 0.889. The zero-order valence-electron chi connectivity index (χ0n) is 13.5. The number of halogens is 1. The molecule has 0 aromatic heterocycles. The van der Waals surface area contributed by atoms with Crippen molar-refractivity contribution in [2.45, 2.75) is 13.1 Å². The molecular weight excluding hydrogens is 319 g/mol.